The van der Waals surface area contributed by atoms with Gasteiger partial charge >= 0.3 is 5.97 Å². The molecule has 1 N–H and O–H groups in total. The fourth-order valence-electron chi connectivity index (χ4n) is 2.59. The van der Waals surface area contributed by atoms with E-state index in [1.54, 1.807) is 30.3 Å². The zero-order valence-corrected chi connectivity index (χ0v) is 12.6. The Morgan fingerprint density at radius 3 is 2.20 bits per heavy atom. The summed E-state index contributed by atoms with van der Waals surface area (Å²) in [6.45, 7) is 0. The van der Waals surface area contributed by atoms with Crippen LogP contribution in [0, 0.1) is 0 Å². The molecule has 0 atom stereocenters. The lowest BCUT2D eigenvalue weighted by Crippen LogP contribution is -2.34. The number of nitrogens with zero attached hydrogens (tertiary/aromatic N) is 2. The van der Waals surface area contributed by atoms with Gasteiger partial charge in [-0.25, -0.2) is 4.79 Å². The second-order valence-electron chi connectivity index (χ2n) is 5.28. The van der Waals surface area contributed by atoms with E-state index in [1.807, 2.05) is 0 Å². The number of amides is 2. The van der Waals surface area contributed by atoms with Crippen molar-refractivity contribution >= 4 is 28.7 Å². The average molecular weight is 335 g/mol. The monoisotopic (exact) mass is 335 g/mol. The van der Waals surface area contributed by atoms with Crippen LogP contribution in [0.2, 0.25) is 0 Å². The zero-order chi connectivity index (χ0) is 17.6. The van der Waals surface area contributed by atoms with Crippen LogP contribution >= 0.6 is 0 Å². The van der Waals surface area contributed by atoms with Crippen LogP contribution in [0.25, 0.3) is 10.9 Å². The third kappa shape index (κ3) is 2.19. The molecule has 8 heteroatoms. The van der Waals surface area contributed by atoms with Gasteiger partial charge in [0.1, 0.15) is 0 Å². The number of hydrogen-bond acceptors (Lipinski definition) is 6. The highest BCUT2D eigenvalue weighted by Gasteiger charge is 2.39. The lowest BCUT2D eigenvalue weighted by atomic mass is 10.1. The van der Waals surface area contributed by atoms with Crippen LogP contribution in [-0.2, 0) is 4.84 Å². The molecule has 0 bridgehead atoms. The molecule has 8 nitrogen and oxygen atoms in total. The minimum Gasteiger partial charge on any atom is -0.322 e. The summed E-state index contributed by atoms with van der Waals surface area (Å²) in [5, 5.41) is 6.83. The van der Waals surface area contributed by atoms with Crippen LogP contribution in [0.15, 0.2) is 53.3 Å². The smallest absolute Gasteiger partial charge is 0.322 e. The number of carbonyl (C=O) groups is 3. The first-order chi connectivity index (χ1) is 12.1. The number of benzene rings is 2. The summed E-state index contributed by atoms with van der Waals surface area (Å²) in [6.07, 6.45) is 0. The SMILES string of the molecule is O=C(ON1C(=O)c2ccccc2C1=O)c1n[nH]c2ccccc2c1=O. The van der Waals surface area contributed by atoms with Crippen LogP contribution in [0.5, 0.6) is 0 Å². The molecule has 0 spiro atoms. The maximum absolute atomic E-state index is 12.4. The first-order valence-corrected chi connectivity index (χ1v) is 7.25. The van der Waals surface area contributed by atoms with E-state index in [-0.39, 0.29) is 16.5 Å². The lowest BCUT2D eigenvalue weighted by Gasteiger charge is -2.12. The van der Waals surface area contributed by atoms with Crippen LogP contribution in [0.1, 0.15) is 31.2 Å². The van der Waals surface area contributed by atoms with Crippen molar-refractivity contribution in [3.8, 4) is 0 Å². The number of fused-ring (bicyclic) bond motifs is 2. The van der Waals surface area contributed by atoms with E-state index >= 15 is 0 Å². The van der Waals surface area contributed by atoms with Crippen molar-refractivity contribution in [1.82, 2.24) is 15.3 Å². The Morgan fingerprint density at radius 1 is 0.920 bits per heavy atom. The highest BCUT2D eigenvalue weighted by atomic mass is 16.7. The summed E-state index contributed by atoms with van der Waals surface area (Å²) >= 11 is 0. The standard InChI is InChI=1S/C17H9N3O5/c21-14-11-7-3-4-8-12(11)18-19-13(14)17(24)25-20-15(22)9-5-1-2-6-10(9)16(20)23/h1-8H,(H,18,21). The molecule has 0 saturated heterocycles. The Hall–Kier alpha value is -3.81. The van der Waals surface area contributed by atoms with Gasteiger partial charge in [0.2, 0.25) is 11.1 Å². The number of rotatable bonds is 2. The maximum atomic E-state index is 12.4. The van der Waals surface area contributed by atoms with Gasteiger partial charge in [-0.15, -0.1) is 0 Å². The molecule has 3 aromatic rings. The summed E-state index contributed by atoms with van der Waals surface area (Å²) in [5.74, 6) is -2.74. The van der Waals surface area contributed by atoms with Crippen molar-refractivity contribution < 1.29 is 19.2 Å². The van der Waals surface area contributed by atoms with Gasteiger partial charge in [0, 0.05) is 5.39 Å². The predicted molar refractivity (Wildman–Crippen MR) is 84.7 cm³/mol. The van der Waals surface area contributed by atoms with Gasteiger partial charge in [-0.1, -0.05) is 29.3 Å². The first-order valence-electron chi connectivity index (χ1n) is 7.25. The lowest BCUT2D eigenvalue weighted by molar-refractivity contribution is -0.0590. The number of aromatic amines is 1. The van der Waals surface area contributed by atoms with Crippen LogP contribution < -0.4 is 5.43 Å². The van der Waals surface area contributed by atoms with Crippen molar-refractivity contribution in [3.63, 3.8) is 0 Å². The number of carbonyl (C=O) groups excluding carboxylic acids is 3. The molecule has 0 saturated carbocycles. The van der Waals surface area contributed by atoms with Gasteiger partial charge < -0.3 is 4.84 Å². The second kappa shape index (κ2) is 5.38. The normalized spacial score (nSPS) is 13.2. The molecule has 1 aliphatic heterocycles. The highest BCUT2D eigenvalue weighted by molar-refractivity contribution is 6.21. The van der Waals surface area contributed by atoms with Gasteiger partial charge in [-0.05, 0) is 24.3 Å². The fourth-order valence-corrected chi connectivity index (χ4v) is 2.59. The number of hydrogen-bond donors (Lipinski definition) is 1. The maximum Gasteiger partial charge on any atom is 0.388 e. The number of nitrogens with one attached hydrogen (secondary N) is 1. The van der Waals surface area contributed by atoms with E-state index in [1.165, 1.54) is 18.2 Å². The van der Waals surface area contributed by atoms with Gasteiger partial charge in [-0.2, -0.15) is 5.10 Å². The molecule has 0 radical (unpaired) electrons. The zero-order valence-electron chi connectivity index (χ0n) is 12.6. The quantitative estimate of drug-likeness (QED) is 0.707. The molecule has 122 valence electrons. The van der Waals surface area contributed by atoms with Crippen LogP contribution in [0.4, 0.5) is 0 Å². The van der Waals surface area contributed by atoms with Gasteiger partial charge in [0.15, 0.2) is 0 Å². The highest BCUT2D eigenvalue weighted by Crippen LogP contribution is 2.23. The molecule has 2 amide bonds. The second-order valence-corrected chi connectivity index (χ2v) is 5.28. The van der Waals surface area contributed by atoms with Gasteiger partial charge in [-0.3, -0.25) is 19.5 Å². The number of imide groups is 1. The largest absolute Gasteiger partial charge is 0.388 e. The Morgan fingerprint density at radius 2 is 1.52 bits per heavy atom. The topological polar surface area (TPSA) is 109 Å². The molecule has 0 fully saturated rings. The van der Waals surface area contributed by atoms with Crippen LogP contribution in [-0.4, -0.2) is 33.0 Å². The Kier molecular flexibility index (Phi) is 3.17. The van der Waals surface area contributed by atoms with Crippen molar-refractivity contribution in [2.75, 3.05) is 0 Å². The van der Waals surface area contributed by atoms with Crippen molar-refractivity contribution in [2.24, 2.45) is 0 Å². The minimum absolute atomic E-state index is 0.126. The van der Waals surface area contributed by atoms with Crippen molar-refractivity contribution in [2.45, 2.75) is 0 Å². The molecule has 0 aliphatic carbocycles. The molecule has 4 rings (SSSR count). The number of para-hydroxylation sites is 1. The summed E-state index contributed by atoms with van der Waals surface area (Å²) in [4.78, 5) is 53.8. The van der Waals surface area contributed by atoms with E-state index in [2.05, 4.69) is 10.2 Å². The van der Waals surface area contributed by atoms with Crippen LogP contribution in [0.3, 0.4) is 0 Å². The molecule has 2 aromatic carbocycles. The minimum atomic E-state index is -1.19. The molecule has 2 heterocycles. The fraction of sp³-hybridized carbons (Fsp3) is 0. The van der Waals surface area contributed by atoms with E-state index in [4.69, 9.17) is 4.84 Å². The van der Waals surface area contributed by atoms with Crippen molar-refractivity contribution in [3.05, 3.63) is 75.6 Å². The Bertz CT molecular complexity index is 1080. The van der Waals surface area contributed by atoms with Crippen molar-refractivity contribution in [1.29, 1.82) is 0 Å². The Balaban J connectivity index is 1.68. The average Bonchev–Trinajstić information content (AvgIpc) is 2.87. The number of H-pyrrole nitrogens is 1. The molecule has 25 heavy (non-hydrogen) atoms. The summed E-state index contributed by atoms with van der Waals surface area (Å²) in [6, 6.07) is 12.6. The third-order valence-corrected chi connectivity index (χ3v) is 3.80. The first kappa shape index (κ1) is 14.8. The van der Waals surface area contributed by atoms with E-state index in [9.17, 15) is 19.2 Å². The number of hydroxylamine groups is 2. The molecule has 0 unspecified atom stereocenters. The summed E-state index contributed by atoms with van der Waals surface area (Å²) in [5.41, 5.74) is -0.502. The Labute approximate surface area is 139 Å². The summed E-state index contributed by atoms with van der Waals surface area (Å²) < 4.78 is 0. The third-order valence-electron chi connectivity index (χ3n) is 3.80. The molecule has 1 aliphatic rings. The molecular weight excluding hydrogens is 326 g/mol. The predicted octanol–water partition coefficient (Wildman–Crippen LogP) is 1.29. The molecule has 1 aromatic heterocycles. The van der Waals surface area contributed by atoms with E-state index in [0.29, 0.717) is 10.6 Å². The van der Waals surface area contributed by atoms with Gasteiger partial charge in [0.05, 0.1) is 16.6 Å². The van der Waals surface area contributed by atoms with Gasteiger partial charge in [0.25, 0.3) is 11.8 Å². The van der Waals surface area contributed by atoms with E-state index in [0.717, 1.165) is 0 Å². The molecular formula is C17H9N3O5. The van der Waals surface area contributed by atoms with E-state index < -0.39 is 28.9 Å². The summed E-state index contributed by atoms with van der Waals surface area (Å²) in [7, 11) is 0. The number of aromatic nitrogens is 2.